The highest BCUT2D eigenvalue weighted by atomic mass is 16.6. The van der Waals surface area contributed by atoms with E-state index in [4.69, 9.17) is 4.74 Å². The molecule has 6 nitrogen and oxygen atoms in total. The number of ether oxygens (including phenoxy) is 1. The number of hydrogen-bond acceptors (Lipinski definition) is 4. The number of aliphatic hydroxyl groups excluding tert-OH is 1. The topological polar surface area (TPSA) is 70.1 Å². The van der Waals surface area contributed by atoms with Gasteiger partial charge < -0.3 is 14.7 Å². The number of amides is 2. The Bertz CT molecular complexity index is 651. The fraction of sp³-hybridized carbons (Fsp3) is 0.579. The van der Waals surface area contributed by atoms with Gasteiger partial charge in [0.2, 0.25) is 5.91 Å². The predicted molar refractivity (Wildman–Crippen MR) is 96.7 cm³/mol. The van der Waals surface area contributed by atoms with Gasteiger partial charge in [-0.2, -0.15) is 0 Å². The summed E-state index contributed by atoms with van der Waals surface area (Å²) < 4.78 is 5.42. The number of piperazine rings is 1. The van der Waals surface area contributed by atoms with E-state index in [9.17, 15) is 14.7 Å². The van der Waals surface area contributed by atoms with Gasteiger partial charge in [-0.1, -0.05) is 12.1 Å². The van der Waals surface area contributed by atoms with Gasteiger partial charge in [0, 0.05) is 18.8 Å². The highest BCUT2D eigenvalue weighted by Crippen LogP contribution is 2.27. The Morgan fingerprint density at radius 1 is 1.32 bits per heavy atom. The minimum absolute atomic E-state index is 0.0486. The maximum Gasteiger partial charge on any atom is 0.411 e. The fourth-order valence-corrected chi connectivity index (χ4v) is 2.96. The van der Waals surface area contributed by atoms with Crippen LogP contribution in [0.4, 0.5) is 10.5 Å². The molecule has 1 N–H and O–H groups in total. The van der Waals surface area contributed by atoms with E-state index in [1.54, 1.807) is 25.7 Å². The smallest absolute Gasteiger partial charge is 0.411 e. The van der Waals surface area contributed by atoms with Crippen LogP contribution in [0, 0.1) is 13.8 Å². The second kappa shape index (κ2) is 7.44. The van der Waals surface area contributed by atoms with Gasteiger partial charge in [0.15, 0.2) is 0 Å². The van der Waals surface area contributed by atoms with Crippen molar-refractivity contribution in [2.75, 3.05) is 24.6 Å². The van der Waals surface area contributed by atoms with Gasteiger partial charge in [-0.15, -0.1) is 0 Å². The molecule has 0 aliphatic carbocycles. The lowest BCUT2D eigenvalue weighted by Crippen LogP contribution is -2.59. The van der Waals surface area contributed by atoms with Crippen LogP contribution in [0.25, 0.3) is 0 Å². The molecule has 0 saturated carbocycles. The summed E-state index contributed by atoms with van der Waals surface area (Å²) in [5, 5.41) is 9.39. The van der Waals surface area contributed by atoms with Crippen LogP contribution in [0.3, 0.4) is 0 Å². The molecule has 138 valence electrons. The summed E-state index contributed by atoms with van der Waals surface area (Å²) in [5.41, 5.74) is 2.38. The Labute approximate surface area is 149 Å². The van der Waals surface area contributed by atoms with E-state index in [1.807, 2.05) is 32.0 Å². The minimum Gasteiger partial charge on any atom is -0.444 e. The Morgan fingerprint density at radius 3 is 2.60 bits per heavy atom. The van der Waals surface area contributed by atoms with Crippen LogP contribution in [0.1, 0.15) is 38.3 Å². The summed E-state index contributed by atoms with van der Waals surface area (Å²) in [6, 6.07) is 5.56. The van der Waals surface area contributed by atoms with Crippen molar-refractivity contribution >= 4 is 17.7 Å². The third-order valence-corrected chi connectivity index (χ3v) is 4.40. The van der Waals surface area contributed by atoms with Crippen molar-refractivity contribution in [2.45, 2.75) is 52.7 Å². The van der Waals surface area contributed by atoms with Crippen LogP contribution in [0.5, 0.6) is 0 Å². The van der Waals surface area contributed by atoms with Crippen molar-refractivity contribution in [1.29, 1.82) is 0 Å². The zero-order valence-electron chi connectivity index (χ0n) is 15.7. The molecular weight excluding hydrogens is 320 g/mol. The number of carbonyl (C=O) groups is 2. The van der Waals surface area contributed by atoms with E-state index < -0.39 is 11.7 Å². The third-order valence-electron chi connectivity index (χ3n) is 4.40. The number of carbonyl (C=O) groups excluding carboxylic acids is 2. The van der Waals surface area contributed by atoms with E-state index in [0.717, 1.165) is 16.8 Å². The average Bonchev–Trinajstić information content (AvgIpc) is 2.50. The van der Waals surface area contributed by atoms with E-state index in [1.165, 1.54) is 4.90 Å². The van der Waals surface area contributed by atoms with E-state index in [0.29, 0.717) is 13.0 Å². The molecule has 6 heteroatoms. The van der Waals surface area contributed by atoms with Crippen LogP contribution in [-0.2, 0) is 9.53 Å². The first-order valence-electron chi connectivity index (χ1n) is 8.61. The molecule has 0 aromatic heterocycles. The van der Waals surface area contributed by atoms with Gasteiger partial charge >= 0.3 is 6.09 Å². The van der Waals surface area contributed by atoms with Gasteiger partial charge in [-0.05, 0) is 58.2 Å². The molecule has 0 unspecified atom stereocenters. The number of aryl methyl sites for hydroxylation is 1. The van der Waals surface area contributed by atoms with Crippen molar-refractivity contribution in [2.24, 2.45) is 0 Å². The van der Waals surface area contributed by atoms with Crippen LogP contribution < -0.4 is 4.90 Å². The molecule has 0 spiro atoms. The maximum atomic E-state index is 12.7. The van der Waals surface area contributed by atoms with Crippen molar-refractivity contribution in [3.05, 3.63) is 29.3 Å². The monoisotopic (exact) mass is 348 g/mol. The van der Waals surface area contributed by atoms with Crippen LogP contribution >= 0.6 is 0 Å². The van der Waals surface area contributed by atoms with Crippen LogP contribution in [0.2, 0.25) is 0 Å². The second-order valence-electron chi connectivity index (χ2n) is 7.50. The molecule has 1 atom stereocenters. The first-order chi connectivity index (χ1) is 11.6. The molecule has 0 radical (unpaired) electrons. The molecule has 1 aliphatic rings. The van der Waals surface area contributed by atoms with Gasteiger partial charge in [0.05, 0.1) is 6.04 Å². The summed E-state index contributed by atoms with van der Waals surface area (Å²) in [6.45, 7) is 9.61. The molecule has 1 heterocycles. The number of anilines is 1. The Balaban J connectivity index is 2.26. The lowest BCUT2D eigenvalue weighted by atomic mass is 10.0. The van der Waals surface area contributed by atoms with Crippen molar-refractivity contribution in [1.82, 2.24) is 4.90 Å². The average molecular weight is 348 g/mol. The zero-order valence-corrected chi connectivity index (χ0v) is 15.7. The highest BCUT2D eigenvalue weighted by Gasteiger charge is 2.37. The molecule has 25 heavy (non-hydrogen) atoms. The van der Waals surface area contributed by atoms with Crippen molar-refractivity contribution < 1.29 is 19.4 Å². The summed E-state index contributed by atoms with van der Waals surface area (Å²) in [5.74, 6) is -0.145. The number of hydrogen-bond donors (Lipinski definition) is 1. The molecule has 1 aliphatic heterocycles. The van der Waals surface area contributed by atoms with Crippen molar-refractivity contribution in [3.8, 4) is 0 Å². The molecule has 1 fully saturated rings. The Morgan fingerprint density at radius 2 is 2.00 bits per heavy atom. The third kappa shape index (κ3) is 4.51. The van der Waals surface area contributed by atoms with Gasteiger partial charge in [-0.3, -0.25) is 9.69 Å². The van der Waals surface area contributed by atoms with Gasteiger partial charge in [0.1, 0.15) is 12.1 Å². The predicted octanol–water partition coefficient (Wildman–Crippen LogP) is 2.64. The fourth-order valence-electron chi connectivity index (χ4n) is 2.96. The lowest BCUT2D eigenvalue weighted by molar-refractivity contribution is -0.122. The molecule has 2 amide bonds. The standard InChI is InChI=1S/C19H28N2O4/c1-13-7-6-8-16(14(13)2)21-11-15(9-10-22)20(12-17(21)23)18(24)25-19(3,4)5/h6-8,15,22H,9-12H2,1-5H3/t15-/m0/s1. The first-order valence-corrected chi connectivity index (χ1v) is 8.61. The summed E-state index contributed by atoms with van der Waals surface area (Å²) >= 11 is 0. The second-order valence-corrected chi connectivity index (χ2v) is 7.50. The summed E-state index contributed by atoms with van der Waals surface area (Å²) in [4.78, 5) is 28.3. The van der Waals surface area contributed by atoms with Gasteiger partial charge in [0.25, 0.3) is 0 Å². The first kappa shape index (κ1) is 19.2. The normalized spacial score (nSPS) is 18.5. The summed E-state index contributed by atoms with van der Waals surface area (Å²) in [6.07, 6.45) is -0.117. The van der Waals surface area contributed by atoms with E-state index >= 15 is 0 Å². The van der Waals surface area contributed by atoms with Crippen LogP contribution in [0.15, 0.2) is 18.2 Å². The molecule has 1 aromatic rings. The van der Waals surface area contributed by atoms with E-state index in [-0.39, 0.29) is 25.1 Å². The quantitative estimate of drug-likeness (QED) is 0.912. The molecule has 0 bridgehead atoms. The lowest BCUT2D eigenvalue weighted by Gasteiger charge is -2.41. The van der Waals surface area contributed by atoms with Crippen LogP contribution in [-0.4, -0.2) is 53.3 Å². The largest absolute Gasteiger partial charge is 0.444 e. The molecular formula is C19H28N2O4. The van der Waals surface area contributed by atoms with Gasteiger partial charge in [-0.25, -0.2) is 4.79 Å². The number of benzene rings is 1. The summed E-state index contributed by atoms with van der Waals surface area (Å²) in [7, 11) is 0. The Kier molecular flexibility index (Phi) is 5.72. The van der Waals surface area contributed by atoms with Crippen molar-refractivity contribution in [3.63, 3.8) is 0 Å². The zero-order chi connectivity index (χ0) is 18.8. The van der Waals surface area contributed by atoms with E-state index in [2.05, 4.69) is 0 Å². The number of nitrogens with zero attached hydrogens (tertiary/aromatic N) is 2. The minimum atomic E-state index is -0.631. The molecule has 1 saturated heterocycles. The number of rotatable bonds is 3. The Hall–Kier alpha value is -2.08. The molecule has 2 rings (SSSR count). The highest BCUT2D eigenvalue weighted by molar-refractivity contribution is 5.98. The maximum absolute atomic E-state index is 12.7. The number of aliphatic hydroxyl groups is 1. The molecule has 1 aromatic carbocycles. The SMILES string of the molecule is Cc1cccc(N2C[C@H](CCO)N(C(=O)OC(C)(C)C)CC2=O)c1C.